The van der Waals surface area contributed by atoms with Crippen LogP contribution in [0.2, 0.25) is 0 Å². The summed E-state index contributed by atoms with van der Waals surface area (Å²) in [4.78, 5) is 5.88. The van der Waals surface area contributed by atoms with Crippen molar-refractivity contribution in [1.29, 1.82) is 0 Å². The van der Waals surface area contributed by atoms with Crippen LogP contribution in [0.5, 0.6) is 0 Å². The van der Waals surface area contributed by atoms with E-state index in [9.17, 15) is 0 Å². The van der Waals surface area contributed by atoms with Gasteiger partial charge in [0.1, 0.15) is 5.01 Å². The molecule has 19 heavy (non-hydrogen) atoms. The zero-order valence-corrected chi connectivity index (χ0v) is 11.4. The number of hydrogen-bond acceptors (Lipinski definition) is 3. The topological polar surface area (TPSA) is 38.9 Å². The van der Waals surface area contributed by atoms with Crippen LogP contribution in [-0.2, 0) is 0 Å². The van der Waals surface area contributed by atoms with Gasteiger partial charge >= 0.3 is 0 Å². The van der Waals surface area contributed by atoms with Crippen molar-refractivity contribution < 1.29 is 0 Å². The Balaban J connectivity index is 2.07. The van der Waals surface area contributed by atoms with Crippen molar-refractivity contribution in [2.24, 2.45) is 0 Å². The van der Waals surface area contributed by atoms with Gasteiger partial charge in [-0.05, 0) is 24.6 Å². The number of anilines is 1. The third-order valence-corrected chi connectivity index (χ3v) is 4.22. The van der Waals surface area contributed by atoms with Gasteiger partial charge in [0.25, 0.3) is 0 Å². The smallest absolute Gasteiger partial charge is 0.124 e. The summed E-state index contributed by atoms with van der Waals surface area (Å²) in [6, 6.07) is 18.2. The molecule has 0 spiro atoms. The Morgan fingerprint density at radius 2 is 1.68 bits per heavy atom. The summed E-state index contributed by atoms with van der Waals surface area (Å²) in [5.41, 5.74) is 9.96. The Kier molecular flexibility index (Phi) is 3.05. The Bertz CT molecular complexity index is 702. The van der Waals surface area contributed by atoms with Crippen LogP contribution in [0.15, 0.2) is 54.6 Å². The molecule has 2 nitrogen and oxygen atoms in total. The van der Waals surface area contributed by atoms with E-state index in [4.69, 9.17) is 5.73 Å². The summed E-state index contributed by atoms with van der Waals surface area (Å²) in [6.07, 6.45) is 0. The van der Waals surface area contributed by atoms with Crippen LogP contribution < -0.4 is 5.73 Å². The molecule has 0 fully saturated rings. The lowest BCUT2D eigenvalue weighted by molar-refractivity contribution is 1.27. The first-order valence-electron chi connectivity index (χ1n) is 6.13. The second kappa shape index (κ2) is 4.86. The highest BCUT2D eigenvalue weighted by Gasteiger charge is 2.10. The molecule has 0 atom stereocenters. The van der Waals surface area contributed by atoms with E-state index in [1.165, 1.54) is 10.4 Å². The SMILES string of the molecule is Cc1nc(-c2cccc(N)c2)sc1-c1ccccc1. The minimum absolute atomic E-state index is 0.770. The first-order valence-corrected chi connectivity index (χ1v) is 6.94. The maximum Gasteiger partial charge on any atom is 0.124 e. The average molecular weight is 266 g/mol. The van der Waals surface area contributed by atoms with Gasteiger partial charge in [-0.3, -0.25) is 0 Å². The van der Waals surface area contributed by atoms with Crippen molar-refractivity contribution in [2.45, 2.75) is 6.92 Å². The number of rotatable bonds is 2. The van der Waals surface area contributed by atoms with Crippen LogP contribution in [0.25, 0.3) is 21.0 Å². The molecule has 0 aliphatic rings. The highest BCUT2D eigenvalue weighted by molar-refractivity contribution is 7.18. The van der Waals surface area contributed by atoms with Gasteiger partial charge in [-0.25, -0.2) is 4.98 Å². The van der Waals surface area contributed by atoms with Crippen molar-refractivity contribution in [3.63, 3.8) is 0 Å². The number of aromatic nitrogens is 1. The van der Waals surface area contributed by atoms with Gasteiger partial charge in [0.2, 0.25) is 0 Å². The molecule has 94 valence electrons. The first kappa shape index (κ1) is 11.9. The second-order valence-corrected chi connectivity index (χ2v) is 5.42. The van der Waals surface area contributed by atoms with Gasteiger partial charge < -0.3 is 5.73 Å². The fraction of sp³-hybridized carbons (Fsp3) is 0.0625. The first-order chi connectivity index (χ1) is 9.24. The summed E-state index contributed by atoms with van der Waals surface area (Å²) < 4.78 is 0. The molecule has 0 saturated carbocycles. The maximum absolute atomic E-state index is 5.83. The monoisotopic (exact) mass is 266 g/mol. The van der Waals surface area contributed by atoms with Crippen LogP contribution in [-0.4, -0.2) is 4.98 Å². The highest BCUT2D eigenvalue weighted by Crippen LogP contribution is 2.35. The minimum atomic E-state index is 0.770. The third-order valence-electron chi connectivity index (χ3n) is 2.97. The van der Waals surface area contributed by atoms with Gasteiger partial charge in [0.05, 0.1) is 10.6 Å². The number of aryl methyl sites for hydroxylation is 1. The average Bonchev–Trinajstić information content (AvgIpc) is 2.82. The lowest BCUT2D eigenvalue weighted by Gasteiger charge is -1.97. The molecule has 0 amide bonds. The standard InChI is InChI=1S/C16H14N2S/c1-11-15(12-6-3-2-4-7-12)19-16(18-11)13-8-5-9-14(17)10-13/h2-10H,17H2,1H3. The zero-order chi connectivity index (χ0) is 13.2. The summed E-state index contributed by atoms with van der Waals surface area (Å²) in [7, 11) is 0. The van der Waals surface area contributed by atoms with Gasteiger partial charge in [-0.15, -0.1) is 11.3 Å². The van der Waals surface area contributed by atoms with E-state index >= 15 is 0 Å². The Hall–Kier alpha value is -2.13. The number of thiazole rings is 1. The fourth-order valence-corrected chi connectivity index (χ4v) is 3.12. The predicted octanol–water partition coefficient (Wildman–Crippen LogP) is 4.37. The largest absolute Gasteiger partial charge is 0.399 e. The van der Waals surface area contributed by atoms with Crippen molar-refractivity contribution in [3.05, 3.63) is 60.3 Å². The van der Waals surface area contributed by atoms with E-state index in [0.717, 1.165) is 22.0 Å². The number of nitrogen functional groups attached to an aromatic ring is 1. The molecule has 2 N–H and O–H groups in total. The summed E-state index contributed by atoms with van der Waals surface area (Å²) >= 11 is 1.71. The molecule has 0 saturated heterocycles. The number of nitrogens with zero attached hydrogens (tertiary/aromatic N) is 1. The summed E-state index contributed by atoms with van der Waals surface area (Å²) in [6.45, 7) is 2.05. The van der Waals surface area contributed by atoms with Crippen LogP contribution >= 0.6 is 11.3 Å². The van der Waals surface area contributed by atoms with Crippen LogP contribution in [0.4, 0.5) is 5.69 Å². The number of hydrogen-bond donors (Lipinski definition) is 1. The number of benzene rings is 2. The third kappa shape index (κ3) is 2.37. The van der Waals surface area contributed by atoms with Crippen LogP contribution in [0, 0.1) is 6.92 Å². The van der Waals surface area contributed by atoms with Gasteiger partial charge in [0, 0.05) is 11.3 Å². The normalized spacial score (nSPS) is 10.6. The quantitative estimate of drug-likeness (QED) is 0.700. The second-order valence-electron chi connectivity index (χ2n) is 4.43. The molecular weight excluding hydrogens is 252 g/mol. The van der Waals surface area contributed by atoms with Gasteiger partial charge in [-0.2, -0.15) is 0 Å². The Morgan fingerprint density at radius 1 is 0.947 bits per heavy atom. The lowest BCUT2D eigenvalue weighted by Crippen LogP contribution is -1.84. The lowest BCUT2D eigenvalue weighted by atomic mass is 10.2. The van der Waals surface area contributed by atoms with Gasteiger partial charge in [0.15, 0.2) is 0 Å². The molecule has 2 aromatic carbocycles. The minimum Gasteiger partial charge on any atom is -0.399 e. The Labute approximate surface area is 116 Å². The van der Waals surface area contributed by atoms with E-state index in [1.807, 2.05) is 30.3 Å². The predicted molar refractivity (Wildman–Crippen MR) is 82.1 cm³/mol. The molecule has 0 aliphatic carbocycles. The molecule has 1 heterocycles. The molecule has 0 radical (unpaired) electrons. The maximum atomic E-state index is 5.83. The summed E-state index contributed by atoms with van der Waals surface area (Å²) in [5.74, 6) is 0. The highest BCUT2D eigenvalue weighted by atomic mass is 32.1. The van der Waals surface area contributed by atoms with E-state index in [-0.39, 0.29) is 0 Å². The Morgan fingerprint density at radius 3 is 2.42 bits per heavy atom. The van der Waals surface area contributed by atoms with Crippen molar-refractivity contribution in [3.8, 4) is 21.0 Å². The van der Waals surface area contributed by atoms with Crippen molar-refractivity contribution in [2.75, 3.05) is 5.73 Å². The molecular formula is C16H14N2S. The summed E-state index contributed by atoms with van der Waals surface area (Å²) in [5, 5.41) is 1.02. The van der Waals surface area contributed by atoms with E-state index in [0.29, 0.717) is 0 Å². The van der Waals surface area contributed by atoms with Gasteiger partial charge in [-0.1, -0.05) is 42.5 Å². The van der Waals surface area contributed by atoms with E-state index < -0.39 is 0 Å². The van der Waals surface area contributed by atoms with Crippen LogP contribution in [0.3, 0.4) is 0 Å². The van der Waals surface area contributed by atoms with E-state index in [2.05, 4.69) is 36.2 Å². The fourth-order valence-electron chi connectivity index (χ4n) is 2.05. The molecule has 3 rings (SSSR count). The molecule has 3 heteroatoms. The van der Waals surface area contributed by atoms with E-state index in [1.54, 1.807) is 11.3 Å². The molecule has 0 aliphatic heterocycles. The molecule has 3 aromatic rings. The number of nitrogens with two attached hydrogens (primary N) is 1. The zero-order valence-electron chi connectivity index (χ0n) is 10.6. The molecule has 1 aromatic heterocycles. The molecule has 0 unspecified atom stereocenters. The van der Waals surface area contributed by atoms with Crippen LogP contribution in [0.1, 0.15) is 5.69 Å². The molecule has 0 bridgehead atoms. The van der Waals surface area contributed by atoms with Crippen molar-refractivity contribution >= 4 is 17.0 Å². The van der Waals surface area contributed by atoms with Crippen molar-refractivity contribution in [1.82, 2.24) is 4.98 Å².